The van der Waals surface area contributed by atoms with Gasteiger partial charge in [0.1, 0.15) is 5.76 Å². The molecule has 0 spiro atoms. The van der Waals surface area contributed by atoms with Crippen molar-refractivity contribution in [1.82, 2.24) is 5.32 Å². The van der Waals surface area contributed by atoms with Crippen molar-refractivity contribution in [2.45, 2.75) is 40.2 Å². The fourth-order valence-corrected chi connectivity index (χ4v) is 2.24. The molecule has 1 atom stereocenters. The van der Waals surface area contributed by atoms with Gasteiger partial charge in [-0.3, -0.25) is 0 Å². The highest BCUT2D eigenvalue weighted by Crippen LogP contribution is 2.32. The third-order valence-electron chi connectivity index (χ3n) is 3.37. The molecule has 0 saturated heterocycles. The van der Waals surface area contributed by atoms with Crippen LogP contribution >= 0.6 is 0 Å². The summed E-state index contributed by atoms with van der Waals surface area (Å²) in [6.45, 7) is 8.84. The SMILES string of the molecule is CCCNC(C)c1oc2c(F)c(C)ccc2c1C. The molecule has 98 valence electrons. The Kier molecular flexibility index (Phi) is 3.71. The quantitative estimate of drug-likeness (QED) is 0.876. The number of rotatable bonds is 4. The Labute approximate surface area is 107 Å². The molecule has 0 aliphatic heterocycles. The molecule has 3 heteroatoms. The number of aryl methyl sites for hydroxylation is 2. The molecule has 2 aromatic rings. The van der Waals surface area contributed by atoms with Crippen LogP contribution in [0.2, 0.25) is 0 Å². The zero-order valence-electron chi connectivity index (χ0n) is 11.4. The van der Waals surface area contributed by atoms with Gasteiger partial charge in [-0.05, 0) is 39.3 Å². The largest absolute Gasteiger partial charge is 0.456 e. The van der Waals surface area contributed by atoms with Crippen LogP contribution < -0.4 is 5.32 Å². The molecule has 0 amide bonds. The van der Waals surface area contributed by atoms with E-state index < -0.39 is 0 Å². The third-order valence-corrected chi connectivity index (χ3v) is 3.37. The molecule has 0 aliphatic rings. The standard InChI is InChI=1S/C15H20FNO/c1-5-8-17-11(4)14-10(3)12-7-6-9(2)13(16)15(12)18-14/h6-7,11,17H,5,8H2,1-4H3. The highest BCUT2D eigenvalue weighted by atomic mass is 19.1. The maximum absolute atomic E-state index is 14.0. The summed E-state index contributed by atoms with van der Waals surface area (Å²) in [6, 6.07) is 3.84. The molecular weight excluding hydrogens is 229 g/mol. The number of benzene rings is 1. The predicted molar refractivity (Wildman–Crippen MR) is 72.4 cm³/mol. The van der Waals surface area contributed by atoms with Crippen LogP contribution in [0.5, 0.6) is 0 Å². The van der Waals surface area contributed by atoms with Crippen LogP contribution in [-0.2, 0) is 0 Å². The van der Waals surface area contributed by atoms with E-state index in [1.807, 2.05) is 19.9 Å². The van der Waals surface area contributed by atoms with E-state index in [0.717, 1.165) is 29.7 Å². The number of halogens is 1. The molecule has 0 aliphatic carbocycles. The molecule has 1 aromatic carbocycles. The van der Waals surface area contributed by atoms with Crippen LogP contribution in [0.25, 0.3) is 11.0 Å². The van der Waals surface area contributed by atoms with Crippen LogP contribution in [0.4, 0.5) is 4.39 Å². The van der Waals surface area contributed by atoms with Crippen molar-refractivity contribution < 1.29 is 8.81 Å². The normalized spacial score (nSPS) is 13.2. The Morgan fingerprint density at radius 1 is 1.33 bits per heavy atom. The van der Waals surface area contributed by atoms with Gasteiger partial charge in [0.2, 0.25) is 0 Å². The zero-order valence-corrected chi connectivity index (χ0v) is 11.4. The predicted octanol–water partition coefficient (Wildman–Crippen LogP) is 4.25. The first kappa shape index (κ1) is 13.1. The molecule has 0 radical (unpaired) electrons. The molecule has 0 saturated carbocycles. The molecule has 0 fully saturated rings. The summed E-state index contributed by atoms with van der Waals surface area (Å²) in [7, 11) is 0. The molecular formula is C15H20FNO. The number of fused-ring (bicyclic) bond motifs is 1. The molecule has 1 unspecified atom stereocenters. The molecule has 0 bridgehead atoms. The van der Waals surface area contributed by atoms with Gasteiger partial charge in [0.25, 0.3) is 0 Å². The lowest BCUT2D eigenvalue weighted by Crippen LogP contribution is -2.19. The molecule has 2 nitrogen and oxygen atoms in total. The van der Waals surface area contributed by atoms with Gasteiger partial charge in [-0.1, -0.05) is 19.1 Å². The summed E-state index contributed by atoms with van der Waals surface area (Å²) in [5.41, 5.74) is 2.03. The number of hydrogen-bond acceptors (Lipinski definition) is 2. The Bertz CT molecular complexity index is 559. The summed E-state index contributed by atoms with van der Waals surface area (Å²) < 4.78 is 19.7. The van der Waals surface area contributed by atoms with Crippen LogP contribution in [0.3, 0.4) is 0 Å². The fourth-order valence-electron chi connectivity index (χ4n) is 2.24. The van der Waals surface area contributed by atoms with E-state index in [9.17, 15) is 4.39 Å². The number of furan rings is 1. The lowest BCUT2D eigenvalue weighted by atomic mass is 10.1. The van der Waals surface area contributed by atoms with Crippen molar-refractivity contribution in [2.75, 3.05) is 6.54 Å². The van der Waals surface area contributed by atoms with Gasteiger partial charge >= 0.3 is 0 Å². The van der Waals surface area contributed by atoms with Gasteiger partial charge in [-0.2, -0.15) is 0 Å². The summed E-state index contributed by atoms with van der Waals surface area (Å²) in [4.78, 5) is 0. The Balaban J connectivity index is 2.47. The first-order chi connectivity index (χ1) is 8.56. The van der Waals surface area contributed by atoms with Crippen molar-refractivity contribution in [2.24, 2.45) is 0 Å². The minimum atomic E-state index is -0.246. The lowest BCUT2D eigenvalue weighted by Gasteiger charge is -2.11. The van der Waals surface area contributed by atoms with Gasteiger partial charge < -0.3 is 9.73 Å². The molecule has 1 aromatic heterocycles. The van der Waals surface area contributed by atoms with Gasteiger partial charge in [0.15, 0.2) is 11.4 Å². The van der Waals surface area contributed by atoms with Crippen LogP contribution in [-0.4, -0.2) is 6.54 Å². The highest BCUT2D eigenvalue weighted by molar-refractivity contribution is 5.83. The fraction of sp³-hybridized carbons (Fsp3) is 0.467. The Morgan fingerprint density at radius 3 is 2.72 bits per heavy atom. The lowest BCUT2D eigenvalue weighted by molar-refractivity contribution is 0.440. The van der Waals surface area contributed by atoms with E-state index in [2.05, 4.69) is 12.2 Å². The van der Waals surface area contributed by atoms with Gasteiger partial charge in [0, 0.05) is 10.9 Å². The number of nitrogens with one attached hydrogen (secondary N) is 1. The monoisotopic (exact) mass is 249 g/mol. The van der Waals surface area contributed by atoms with E-state index in [1.165, 1.54) is 0 Å². The van der Waals surface area contributed by atoms with E-state index in [1.54, 1.807) is 13.0 Å². The first-order valence-electron chi connectivity index (χ1n) is 6.47. The molecule has 1 N–H and O–H groups in total. The van der Waals surface area contributed by atoms with Gasteiger partial charge in [-0.25, -0.2) is 4.39 Å². The van der Waals surface area contributed by atoms with Crippen molar-refractivity contribution in [3.63, 3.8) is 0 Å². The summed E-state index contributed by atoms with van der Waals surface area (Å²) in [6.07, 6.45) is 1.07. The van der Waals surface area contributed by atoms with Crippen LogP contribution in [0.15, 0.2) is 16.5 Å². The minimum absolute atomic E-state index is 0.108. The Hall–Kier alpha value is -1.35. The zero-order chi connectivity index (χ0) is 13.3. The van der Waals surface area contributed by atoms with E-state index in [-0.39, 0.29) is 11.9 Å². The van der Waals surface area contributed by atoms with Crippen molar-refractivity contribution in [3.05, 3.63) is 34.8 Å². The molecule has 2 rings (SSSR count). The number of hydrogen-bond donors (Lipinski definition) is 1. The summed E-state index contributed by atoms with van der Waals surface area (Å²) in [5.74, 6) is 0.590. The topological polar surface area (TPSA) is 25.2 Å². The highest BCUT2D eigenvalue weighted by Gasteiger charge is 2.18. The van der Waals surface area contributed by atoms with Gasteiger partial charge in [0.05, 0.1) is 6.04 Å². The smallest absolute Gasteiger partial charge is 0.170 e. The first-order valence-corrected chi connectivity index (χ1v) is 6.47. The summed E-state index contributed by atoms with van der Waals surface area (Å²) in [5, 5.41) is 4.24. The Morgan fingerprint density at radius 2 is 2.06 bits per heavy atom. The van der Waals surface area contributed by atoms with Crippen LogP contribution in [0, 0.1) is 19.7 Å². The second kappa shape index (κ2) is 5.11. The average Bonchev–Trinajstić information content (AvgIpc) is 2.69. The van der Waals surface area contributed by atoms with Gasteiger partial charge in [-0.15, -0.1) is 0 Å². The second-order valence-corrected chi connectivity index (χ2v) is 4.84. The molecule has 18 heavy (non-hydrogen) atoms. The van der Waals surface area contributed by atoms with Crippen molar-refractivity contribution in [3.8, 4) is 0 Å². The van der Waals surface area contributed by atoms with E-state index in [4.69, 9.17) is 4.42 Å². The average molecular weight is 249 g/mol. The third kappa shape index (κ3) is 2.15. The van der Waals surface area contributed by atoms with Crippen molar-refractivity contribution in [1.29, 1.82) is 0 Å². The molecule has 1 heterocycles. The maximum Gasteiger partial charge on any atom is 0.170 e. The van der Waals surface area contributed by atoms with E-state index >= 15 is 0 Å². The summed E-state index contributed by atoms with van der Waals surface area (Å²) >= 11 is 0. The maximum atomic E-state index is 14.0. The van der Waals surface area contributed by atoms with Crippen molar-refractivity contribution >= 4 is 11.0 Å². The second-order valence-electron chi connectivity index (χ2n) is 4.84. The van der Waals surface area contributed by atoms with E-state index in [0.29, 0.717) is 11.1 Å². The van der Waals surface area contributed by atoms with Crippen LogP contribution in [0.1, 0.15) is 43.2 Å². The minimum Gasteiger partial charge on any atom is -0.456 e.